The standard InChI is InChI=1S/C27H56/c1-5-9-11-13-15-17-19-21-25-27(26(22-7-3)23-8-4)24-20-18-16-14-12-10-6-2/h26-27H,5-25H2,1-4H3. The summed E-state index contributed by atoms with van der Waals surface area (Å²) >= 11 is 0. The molecular weight excluding hydrogens is 324 g/mol. The molecule has 0 N–H and O–H groups in total. The number of hydrogen-bond acceptors (Lipinski definition) is 0. The van der Waals surface area contributed by atoms with Crippen molar-refractivity contribution in [2.45, 2.75) is 163 Å². The van der Waals surface area contributed by atoms with Gasteiger partial charge in [0.2, 0.25) is 0 Å². The van der Waals surface area contributed by atoms with Crippen molar-refractivity contribution in [2.24, 2.45) is 11.8 Å². The lowest BCUT2D eigenvalue weighted by Gasteiger charge is -2.27. The molecule has 27 heavy (non-hydrogen) atoms. The molecule has 0 radical (unpaired) electrons. The zero-order valence-corrected chi connectivity index (χ0v) is 20.0. The van der Waals surface area contributed by atoms with Crippen LogP contribution in [-0.4, -0.2) is 0 Å². The third-order valence-corrected chi connectivity index (χ3v) is 6.59. The van der Waals surface area contributed by atoms with Crippen LogP contribution in [0.15, 0.2) is 0 Å². The summed E-state index contributed by atoms with van der Waals surface area (Å²) < 4.78 is 0. The van der Waals surface area contributed by atoms with Crippen LogP contribution in [0.3, 0.4) is 0 Å². The Hall–Kier alpha value is 0. The second kappa shape index (κ2) is 22.3. The topological polar surface area (TPSA) is 0 Å². The maximum atomic E-state index is 2.39. The molecule has 0 aliphatic heterocycles. The monoisotopic (exact) mass is 380 g/mol. The smallest absolute Gasteiger partial charge is 0.0386 e. The third kappa shape index (κ3) is 17.8. The van der Waals surface area contributed by atoms with Gasteiger partial charge in [0.1, 0.15) is 0 Å². The predicted molar refractivity (Wildman–Crippen MR) is 127 cm³/mol. The van der Waals surface area contributed by atoms with Gasteiger partial charge in [0.25, 0.3) is 0 Å². The quantitative estimate of drug-likeness (QED) is 0.164. The molecule has 0 aromatic carbocycles. The van der Waals surface area contributed by atoms with E-state index in [9.17, 15) is 0 Å². The fourth-order valence-corrected chi connectivity index (χ4v) is 4.88. The van der Waals surface area contributed by atoms with Gasteiger partial charge in [-0.1, -0.05) is 163 Å². The van der Waals surface area contributed by atoms with Gasteiger partial charge in [0, 0.05) is 0 Å². The average molecular weight is 381 g/mol. The third-order valence-electron chi connectivity index (χ3n) is 6.59. The molecule has 164 valence electrons. The lowest BCUT2D eigenvalue weighted by molar-refractivity contribution is 0.245. The Morgan fingerprint density at radius 2 is 0.593 bits per heavy atom. The Morgan fingerprint density at radius 1 is 0.296 bits per heavy atom. The Balaban J connectivity index is 4.05. The molecule has 0 bridgehead atoms. The van der Waals surface area contributed by atoms with E-state index in [-0.39, 0.29) is 0 Å². The molecule has 0 aromatic rings. The first-order chi connectivity index (χ1) is 13.3. The Bertz CT molecular complexity index is 251. The Kier molecular flexibility index (Phi) is 22.3. The molecule has 0 spiro atoms. The molecule has 0 saturated heterocycles. The van der Waals surface area contributed by atoms with Crippen LogP contribution in [0.4, 0.5) is 0 Å². The van der Waals surface area contributed by atoms with Crippen molar-refractivity contribution < 1.29 is 0 Å². The van der Waals surface area contributed by atoms with Crippen molar-refractivity contribution >= 4 is 0 Å². The Labute approximate surface area is 174 Å². The highest BCUT2D eigenvalue weighted by atomic mass is 14.2. The van der Waals surface area contributed by atoms with Crippen LogP contribution in [-0.2, 0) is 0 Å². The van der Waals surface area contributed by atoms with Crippen molar-refractivity contribution in [1.29, 1.82) is 0 Å². The van der Waals surface area contributed by atoms with Crippen molar-refractivity contribution in [2.75, 3.05) is 0 Å². The van der Waals surface area contributed by atoms with Gasteiger partial charge in [-0.05, 0) is 11.8 Å². The van der Waals surface area contributed by atoms with E-state index in [1.807, 2.05) is 0 Å². The number of unbranched alkanes of at least 4 members (excludes halogenated alkanes) is 13. The summed E-state index contributed by atoms with van der Waals surface area (Å²) in [5.41, 5.74) is 0. The predicted octanol–water partition coefficient (Wildman–Crippen LogP) is 10.5. The van der Waals surface area contributed by atoms with Crippen LogP contribution < -0.4 is 0 Å². The summed E-state index contributed by atoms with van der Waals surface area (Å²) in [6, 6.07) is 0. The number of rotatable bonds is 22. The molecule has 0 nitrogen and oxygen atoms in total. The van der Waals surface area contributed by atoms with E-state index in [0.29, 0.717) is 0 Å². The second-order valence-electron chi connectivity index (χ2n) is 9.27. The van der Waals surface area contributed by atoms with Gasteiger partial charge in [-0.15, -0.1) is 0 Å². The minimum absolute atomic E-state index is 1.02. The van der Waals surface area contributed by atoms with E-state index in [1.54, 1.807) is 0 Å². The summed E-state index contributed by atoms with van der Waals surface area (Å²) in [6.07, 6.45) is 30.7. The molecule has 0 aliphatic rings. The molecule has 1 unspecified atom stereocenters. The van der Waals surface area contributed by atoms with Crippen molar-refractivity contribution in [1.82, 2.24) is 0 Å². The minimum atomic E-state index is 1.02. The van der Waals surface area contributed by atoms with Crippen LogP contribution in [0.1, 0.15) is 163 Å². The summed E-state index contributed by atoms with van der Waals surface area (Å²) in [6.45, 7) is 9.42. The largest absolute Gasteiger partial charge is 0.0654 e. The average Bonchev–Trinajstić information content (AvgIpc) is 2.67. The van der Waals surface area contributed by atoms with E-state index in [1.165, 1.54) is 135 Å². The molecule has 0 amide bonds. The normalized spacial score (nSPS) is 12.8. The minimum Gasteiger partial charge on any atom is -0.0654 e. The fraction of sp³-hybridized carbons (Fsp3) is 1.00. The molecule has 0 rings (SSSR count). The highest BCUT2D eigenvalue weighted by Gasteiger charge is 2.19. The summed E-state index contributed by atoms with van der Waals surface area (Å²) in [4.78, 5) is 0. The molecule has 0 heteroatoms. The first-order valence-corrected chi connectivity index (χ1v) is 13.3. The fourth-order valence-electron chi connectivity index (χ4n) is 4.88. The molecule has 0 aliphatic carbocycles. The van der Waals surface area contributed by atoms with Crippen molar-refractivity contribution in [3.8, 4) is 0 Å². The van der Waals surface area contributed by atoms with Gasteiger partial charge < -0.3 is 0 Å². The maximum absolute atomic E-state index is 2.39. The van der Waals surface area contributed by atoms with Crippen LogP contribution in [0.2, 0.25) is 0 Å². The van der Waals surface area contributed by atoms with E-state index in [0.717, 1.165) is 11.8 Å². The van der Waals surface area contributed by atoms with Crippen LogP contribution in [0, 0.1) is 11.8 Å². The zero-order valence-electron chi connectivity index (χ0n) is 20.0. The second-order valence-corrected chi connectivity index (χ2v) is 9.27. The Morgan fingerprint density at radius 3 is 0.926 bits per heavy atom. The van der Waals surface area contributed by atoms with Crippen molar-refractivity contribution in [3.63, 3.8) is 0 Å². The van der Waals surface area contributed by atoms with Gasteiger partial charge in [0.15, 0.2) is 0 Å². The molecule has 0 aromatic heterocycles. The summed E-state index contributed by atoms with van der Waals surface area (Å²) in [7, 11) is 0. The summed E-state index contributed by atoms with van der Waals surface area (Å²) in [5.74, 6) is 2.05. The number of hydrogen-bond donors (Lipinski definition) is 0. The van der Waals surface area contributed by atoms with Crippen LogP contribution in [0.25, 0.3) is 0 Å². The first kappa shape index (κ1) is 27.0. The summed E-state index contributed by atoms with van der Waals surface area (Å²) in [5, 5.41) is 0. The lowest BCUT2D eigenvalue weighted by Crippen LogP contribution is -2.15. The van der Waals surface area contributed by atoms with Gasteiger partial charge in [-0.25, -0.2) is 0 Å². The van der Waals surface area contributed by atoms with Crippen LogP contribution in [0.5, 0.6) is 0 Å². The van der Waals surface area contributed by atoms with E-state index < -0.39 is 0 Å². The first-order valence-electron chi connectivity index (χ1n) is 13.3. The van der Waals surface area contributed by atoms with Crippen molar-refractivity contribution in [3.05, 3.63) is 0 Å². The molecule has 0 fully saturated rings. The molecule has 1 atom stereocenters. The molecular formula is C27H56. The van der Waals surface area contributed by atoms with E-state index >= 15 is 0 Å². The van der Waals surface area contributed by atoms with E-state index in [2.05, 4.69) is 27.7 Å². The molecule has 0 heterocycles. The maximum Gasteiger partial charge on any atom is -0.0386 e. The van der Waals surface area contributed by atoms with E-state index in [4.69, 9.17) is 0 Å². The van der Waals surface area contributed by atoms with Gasteiger partial charge >= 0.3 is 0 Å². The van der Waals surface area contributed by atoms with Crippen LogP contribution >= 0.6 is 0 Å². The highest BCUT2D eigenvalue weighted by Crippen LogP contribution is 2.32. The van der Waals surface area contributed by atoms with Gasteiger partial charge in [-0.3, -0.25) is 0 Å². The highest BCUT2D eigenvalue weighted by molar-refractivity contribution is 4.71. The van der Waals surface area contributed by atoms with Gasteiger partial charge in [-0.2, -0.15) is 0 Å². The lowest BCUT2D eigenvalue weighted by atomic mass is 9.79. The SMILES string of the molecule is CCCCCCCCCCC(CCCCCCCCC)C(CCC)CCC. The zero-order chi connectivity index (χ0) is 20.0. The van der Waals surface area contributed by atoms with Gasteiger partial charge in [0.05, 0.1) is 0 Å². The molecule has 0 saturated carbocycles.